The van der Waals surface area contributed by atoms with Crippen molar-refractivity contribution in [3.8, 4) is 0 Å². The van der Waals surface area contributed by atoms with Crippen LogP contribution in [0, 0.1) is 0 Å². The fourth-order valence-electron chi connectivity index (χ4n) is 2.69. The van der Waals surface area contributed by atoms with Crippen molar-refractivity contribution in [2.24, 2.45) is 0 Å². The number of aliphatic carboxylic acids is 1. The third kappa shape index (κ3) is 2.48. The molecule has 6 nitrogen and oxygen atoms in total. The number of benzene rings is 1. The molecular formula is C15H15N3O3S. The molecule has 0 saturated carbocycles. The zero-order valence-corrected chi connectivity index (χ0v) is 12.8. The van der Waals surface area contributed by atoms with Crippen LogP contribution in [0.5, 0.6) is 0 Å². The molecule has 1 aromatic heterocycles. The van der Waals surface area contributed by atoms with Gasteiger partial charge in [0.1, 0.15) is 10.9 Å². The predicted molar refractivity (Wildman–Crippen MR) is 80.7 cm³/mol. The van der Waals surface area contributed by atoms with Crippen LogP contribution in [0.2, 0.25) is 0 Å². The van der Waals surface area contributed by atoms with Crippen LogP contribution in [0.25, 0.3) is 0 Å². The van der Waals surface area contributed by atoms with Gasteiger partial charge in [-0.25, -0.2) is 4.79 Å². The summed E-state index contributed by atoms with van der Waals surface area (Å²) in [5, 5.41) is 13.4. The lowest BCUT2D eigenvalue weighted by Crippen LogP contribution is -2.48. The van der Waals surface area contributed by atoms with Gasteiger partial charge >= 0.3 is 5.97 Å². The molecule has 0 fully saturated rings. The summed E-state index contributed by atoms with van der Waals surface area (Å²) in [6, 6.07) is 6.78. The lowest BCUT2D eigenvalue weighted by molar-refractivity contribution is -0.142. The van der Waals surface area contributed by atoms with Crippen LogP contribution in [-0.2, 0) is 24.2 Å². The van der Waals surface area contributed by atoms with Gasteiger partial charge in [-0.05, 0) is 29.1 Å². The maximum atomic E-state index is 12.8. The second-order valence-electron chi connectivity index (χ2n) is 5.16. The summed E-state index contributed by atoms with van der Waals surface area (Å²) in [6.45, 7) is 2.20. The first kappa shape index (κ1) is 14.6. The largest absolute Gasteiger partial charge is 0.480 e. The molecule has 0 spiro atoms. The highest BCUT2D eigenvalue weighted by Gasteiger charge is 2.36. The van der Waals surface area contributed by atoms with E-state index >= 15 is 0 Å². The lowest BCUT2D eigenvalue weighted by atomic mass is 9.93. The van der Waals surface area contributed by atoms with Crippen molar-refractivity contribution >= 4 is 23.4 Å². The van der Waals surface area contributed by atoms with Crippen LogP contribution in [0.15, 0.2) is 24.3 Å². The molecule has 1 aliphatic heterocycles. The number of nitrogens with zero attached hydrogens (tertiary/aromatic N) is 3. The second kappa shape index (κ2) is 5.84. The Morgan fingerprint density at radius 2 is 2.09 bits per heavy atom. The van der Waals surface area contributed by atoms with E-state index in [1.807, 2.05) is 31.2 Å². The van der Waals surface area contributed by atoms with Gasteiger partial charge in [-0.1, -0.05) is 35.7 Å². The van der Waals surface area contributed by atoms with Gasteiger partial charge in [0.15, 0.2) is 0 Å². The van der Waals surface area contributed by atoms with Crippen LogP contribution >= 0.6 is 11.5 Å². The van der Waals surface area contributed by atoms with E-state index in [4.69, 9.17) is 0 Å². The van der Waals surface area contributed by atoms with E-state index in [1.54, 1.807) is 0 Å². The van der Waals surface area contributed by atoms with Gasteiger partial charge in [0.25, 0.3) is 5.91 Å². The maximum Gasteiger partial charge on any atom is 0.326 e. The number of carboxylic acids is 1. The standard InChI is InChI=1S/C15H15N3O3S/c1-2-11-13(22-17-16-11)14(19)18-8-10-6-4-3-5-9(10)7-12(18)15(20)21/h3-6,12H,2,7-8H2,1H3,(H,20,21)/t12-/m0/s1. The molecule has 1 amide bonds. The number of aromatic nitrogens is 2. The van der Waals surface area contributed by atoms with Gasteiger partial charge in [0.2, 0.25) is 0 Å². The normalized spacial score (nSPS) is 17.1. The average Bonchev–Trinajstić information content (AvgIpc) is 3.01. The van der Waals surface area contributed by atoms with E-state index in [2.05, 4.69) is 9.59 Å². The monoisotopic (exact) mass is 317 g/mol. The van der Waals surface area contributed by atoms with Crippen molar-refractivity contribution in [2.45, 2.75) is 32.4 Å². The van der Waals surface area contributed by atoms with E-state index in [-0.39, 0.29) is 5.91 Å². The number of carbonyl (C=O) groups excluding carboxylic acids is 1. The maximum absolute atomic E-state index is 12.8. The molecule has 0 radical (unpaired) electrons. The number of amides is 1. The summed E-state index contributed by atoms with van der Waals surface area (Å²) < 4.78 is 3.82. The molecule has 22 heavy (non-hydrogen) atoms. The Balaban J connectivity index is 1.97. The predicted octanol–water partition coefficient (Wildman–Crippen LogP) is 1.75. The van der Waals surface area contributed by atoms with E-state index in [0.29, 0.717) is 30.0 Å². The number of aryl methyl sites for hydroxylation is 1. The fraction of sp³-hybridized carbons (Fsp3) is 0.333. The quantitative estimate of drug-likeness (QED) is 0.932. The first-order valence-corrected chi connectivity index (χ1v) is 7.81. The molecule has 1 aromatic carbocycles. The van der Waals surface area contributed by atoms with Crippen LogP contribution in [0.4, 0.5) is 0 Å². The van der Waals surface area contributed by atoms with Crippen molar-refractivity contribution in [1.82, 2.24) is 14.5 Å². The molecule has 0 bridgehead atoms. The van der Waals surface area contributed by atoms with Gasteiger partial charge in [-0.2, -0.15) is 0 Å². The van der Waals surface area contributed by atoms with Gasteiger partial charge in [0.05, 0.1) is 5.69 Å². The van der Waals surface area contributed by atoms with E-state index in [0.717, 1.165) is 22.7 Å². The van der Waals surface area contributed by atoms with E-state index < -0.39 is 12.0 Å². The molecule has 1 N–H and O–H groups in total. The summed E-state index contributed by atoms with van der Waals surface area (Å²) in [4.78, 5) is 26.2. The minimum absolute atomic E-state index is 0.297. The Morgan fingerprint density at radius 3 is 2.77 bits per heavy atom. The molecule has 2 aromatic rings. The van der Waals surface area contributed by atoms with Gasteiger partial charge in [-0.15, -0.1) is 5.10 Å². The Kier molecular flexibility index (Phi) is 3.89. The molecule has 0 unspecified atom stereocenters. The fourth-order valence-corrected chi connectivity index (χ4v) is 3.40. The van der Waals surface area contributed by atoms with Crippen molar-refractivity contribution < 1.29 is 14.7 Å². The van der Waals surface area contributed by atoms with Crippen molar-refractivity contribution in [1.29, 1.82) is 0 Å². The van der Waals surface area contributed by atoms with Crippen molar-refractivity contribution in [2.75, 3.05) is 0 Å². The van der Waals surface area contributed by atoms with Gasteiger partial charge < -0.3 is 10.0 Å². The minimum Gasteiger partial charge on any atom is -0.480 e. The molecule has 0 saturated heterocycles. The number of carboxylic acid groups (broad SMARTS) is 1. The molecule has 114 valence electrons. The molecule has 1 atom stereocenters. The van der Waals surface area contributed by atoms with Gasteiger partial charge in [0, 0.05) is 13.0 Å². The molecule has 0 aliphatic carbocycles. The van der Waals surface area contributed by atoms with Crippen molar-refractivity contribution in [3.05, 3.63) is 46.0 Å². The summed E-state index contributed by atoms with van der Waals surface area (Å²) in [5.74, 6) is -1.29. The van der Waals surface area contributed by atoms with Crippen LogP contribution < -0.4 is 0 Å². The highest BCUT2D eigenvalue weighted by molar-refractivity contribution is 7.08. The molecule has 2 heterocycles. The highest BCUT2D eigenvalue weighted by atomic mass is 32.1. The smallest absolute Gasteiger partial charge is 0.326 e. The summed E-state index contributed by atoms with van der Waals surface area (Å²) in [6.07, 6.45) is 0.921. The molecular weight excluding hydrogens is 302 g/mol. The minimum atomic E-state index is -0.988. The summed E-state index contributed by atoms with van der Waals surface area (Å²) in [5.41, 5.74) is 2.60. The summed E-state index contributed by atoms with van der Waals surface area (Å²) >= 11 is 1.03. The van der Waals surface area contributed by atoms with Crippen LogP contribution in [0.1, 0.15) is 33.4 Å². The van der Waals surface area contributed by atoms with Crippen LogP contribution in [0.3, 0.4) is 0 Å². The zero-order valence-electron chi connectivity index (χ0n) is 12.0. The van der Waals surface area contributed by atoms with E-state index in [9.17, 15) is 14.7 Å². The topological polar surface area (TPSA) is 83.4 Å². The first-order chi connectivity index (χ1) is 10.6. The molecule has 1 aliphatic rings. The lowest BCUT2D eigenvalue weighted by Gasteiger charge is -2.34. The van der Waals surface area contributed by atoms with Crippen LogP contribution in [-0.4, -0.2) is 37.5 Å². The Labute approximate surface area is 131 Å². The van der Waals surface area contributed by atoms with Gasteiger partial charge in [-0.3, -0.25) is 4.79 Å². The molecule has 7 heteroatoms. The zero-order chi connectivity index (χ0) is 15.7. The number of carbonyl (C=O) groups is 2. The molecule has 3 rings (SSSR count). The van der Waals surface area contributed by atoms with E-state index in [1.165, 1.54) is 4.90 Å². The number of fused-ring (bicyclic) bond motifs is 1. The SMILES string of the molecule is CCc1nnsc1C(=O)N1Cc2ccccc2C[C@H]1C(=O)O. The Morgan fingerprint density at radius 1 is 1.36 bits per heavy atom. The number of hydrogen-bond donors (Lipinski definition) is 1. The Hall–Kier alpha value is -2.28. The van der Waals surface area contributed by atoms with Crippen molar-refractivity contribution in [3.63, 3.8) is 0 Å². The third-order valence-corrected chi connectivity index (χ3v) is 4.64. The first-order valence-electron chi connectivity index (χ1n) is 7.03. The Bertz CT molecular complexity index is 728. The second-order valence-corrected chi connectivity index (χ2v) is 5.92. The average molecular weight is 317 g/mol. The number of rotatable bonds is 3. The summed E-state index contributed by atoms with van der Waals surface area (Å²) in [7, 11) is 0. The number of hydrogen-bond acceptors (Lipinski definition) is 5. The highest BCUT2D eigenvalue weighted by Crippen LogP contribution is 2.26. The third-order valence-electron chi connectivity index (χ3n) is 3.88.